The molecule has 0 aromatic heterocycles. The van der Waals surface area contributed by atoms with Crippen molar-refractivity contribution in [3.63, 3.8) is 0 Å². The Kier molecular flexibility index (Phi) is 14.5. The molecule has 6 N–H and O–H groups in total. The van der Waals surface area contributed by atoms with Gasteiger partial charge in [-0.2, -0.15) is 0 Å². The Bertz CT molecular complexity index is 1070. The maximum absolute atomic E-state index is 13.4. The van der Waals surface area contributed by atoms with Crippen LogP contribution in [0.25, 0.3) is 0 Å². The highest BCUT2D eigenvalue weighted by Gasteiger charge is 2.29. The summed E-state index contributed by atoms with van der Waals surface area (Å²) < 4.78 is 4.88. The van der Waals surface area contributed by atoms with Gasteiger partial charge in [-0.25, -0.2) is 4.79 Å². The third-order valence-electron chi connectivity index (χ3n) is 6.00. The van der Waals surface area contributed by atoms with Gasteiger partial charge in [-0.15, -0.1) is 0 Å². The van der Waals surface area contributed by atoms with E-state index in [9.17, 15) is 29.1 Å². The molecule has 0 saturated carbocycles. The van der Waals surface area contributed by atoms with Gasteiger partial charge in [0.1, 0.15) is 17.8 Å². The Hall–Kier alpha value is -3.89. The number of primary amides is 1. The van der Waals surface area contributed by atoms with E-state index in [0.717, 1.165) is 0 Å². The molecule has 222 valence electrons. The summed E-state index contributed by atoms with van der Waals surface area (Å²) in [5.41, 5.74) is 5.89. The molecule has 1 aromatic carbocycles. The number of esters is 1. The van der Waals surface area contributed by atoms with Gasteiger partial charge in [0.2, 0.25) is 17.7 Å². The lowest BCUT2D eigenvalue weighted by molar-refractivity contribution is -0.137. The zero-order valence-corrected chi connectivity index (χ0v) is 24.3. The number of ether oxygens (including phenoxy) is 1. The van der Waals surface area contributed by atoms with Gasteiger partial charge < -0.3 is 31.5 Å². The van der Waals surface area contributed by atoms with Crippen molar-refractivity contribution in [2.45, 2.75) is 85.4 Å². The van der Waals surface area contributed by atoms with Crippen LogP contribution in [-0.4, -0.2) is 59.4 Å². The predicted molar refractivity (Wildman–Crippen MR) is 151 cm³/mol. The third kappa shape index (κ3) is 12.3. The van der Waals surface area contributed by atoms with Gasteiger partial charge in [0, 0.05) is 29.7 Å². The maximum Gasteiger partial charge on any atom is 0.330 e. The Balaban J connectivity index is 3.13. The van der Waals surface area contributed by atoms with E-state index >= 15 is 0 Å². The van der Waals surface area contributed by atoms with Gasteiger partial charge in [-0.3, -0.25) is 19.2 Å². The molecule has 11 heteroatoms. The van der Waals surface area contributed by atoms with Crippen LogP contribution < -0.4 is 21.7 Å². The number of aromatic hydroxyl groups is 1. The van der Waals surface area contributed by atoms with E-state index in [1.165, 1.54) is 18.2 Å². The maximum atomic E-state index is 13.4. The lowest BCUT2D eigenvalue weighted by Gasteiger charge is -2.26. The van der Waals surface area contributed by atoms with E-state index in [2.05, 4.69) is 16.0 Å². The Morgan fingerprint density at radius 3 is 2.08 bits per heavy atom. The summed E-state index contributed by atoms with van der Waals surface area (Å²) in [7, 11) is 0. The second-order valence-corrected chi connectivity index (χ2v) is 10.5. The fourth-order valence-electron chi connectivity index (χ4n) is 3.97. The number of amides is 4. The number of rotatable bonds is 16. The number of phenols is 1. The van der Waals surface area contributed by atoms with E-state index in [-0.39, 0.29) is 42.6 Å². The number of phenolic OH excluding ortho intramolecular Hbond substituents is 1. The summed E-state index contributed by atoms with van der Waals surface area (Å²) in [6.45, 7) is 11.1. The quantitative estimate of drug-likeness (QED) is 0.152. The minimum atomic E-state index is -0.950. The first kappa shape index (κ1) is 34.1. The van der Waals surface area contributed by atoms with Crippen molar-refractivity contribution in [1.82, 2.24) is 16.0 Å². The van der Waals surface area contributed by atoms with Crippen molar-refractivity contribution >= 4 is 29.6 Å². The van der Waals surface area contributed by atoms with E-state index < -0.39 is 47.7 Å². The minimum absolute atomic E-state index is 0.0308. The summed E-state index contributed by atoms with van der Waals surface area (Å²) in [6.07, 6.45) is 3.32. The lowest BCUT2D eigenvalue weighted by atomic mass is 9.99. The fourth-order valence-corrected chi connectivity index (χ4v) is 3.97. The van der Waals surface area contributed by atoms with Crippen molar-refractivity contribution < 1.29 is 33.8 Å². The van der Waals surface area contributed by atoms with Gasteiger partial charge in [0.15, 0.2) is 0 Å². The largest absolute Gasteiger partial charge is 0.508 e. The highest BCUT2D eigenvalue weighted by Crippen LogP contribution is 2.20. The molecule has 0 spiro atoms. The summed E-state index contributed by atoms with van der Waals surface area (Å²) in [5.74, 6) is -2.68. The molecule has 0 radical (unpaired) electrons. The standard InChI is InChI=1S/C29H44N4O7/c1-7-40-26(36)14-12-20(11-13-25(30)35)31-28(38)22(15-17(2)3)33-29(39)23(16-18(4)5)32-27(37)21-9-8-10-24(34)19(21)6/h8-10,12,14,17-18,20,22-23,34H,7,11,13,15-16H2,1-6H3,(H2,30,35)(H,31,38)(H,32,37)(H,33,39)/b14-12+/t20-,22-,23-/m0/s1. The number of nitrogens with one attached hydrogen (secondary N) is 3. The van der Waals surface area contributed by atoms with Crippen molar-refractivity contribution in [2.75, 3.05) is 6.61 Å². The van der Waals surface area contributed by atoms with Crippen LogP contribution >= 0.6 is 0 Å². The third-order valence-corrected chi connectivity index (χ3v) is 6.00. The average molecular weight is 561 g/mol. The topological polar surface area (TPSA) is 177 Å². The molecule has 4 amide bonds. The second kappa shape index (κ2) is 16.9. The fraction of sp³-hybridized carbons (Fsp3) is 0.552. The van der Waals surface area contributed by atoms with Crippen LogP contribution in [0.2, 0.25) is 0 Å². The number of hydrogen-bond donors (Lipinski definition) is 5. The first-order valence-electron chi connectivity index (χ1n) is 13.6. The van der Waals surface area contributed by atoms with Gasteiger partial charge in [-0.1, -0.05) is 39.8 Å². The molecule has 3 atom stereocenters. The number of carbonyl (C=O) groups is 5. The molecule has 0 bridgehead atoms. The zero-order chi connectivity index (χ0) is 30.4. The first-order chi connectivity index (χ1) is 18.7. The molecule has 0 heterocycles. The highest BCUT2D eigenvalue weighted by molar-refractivity contribution is 5.99. The highest BCUT2D eigenvalue weighted by atomic mass is 16.5. The number of nitrogens with two attached hydrogens (primary N) is 1. The van der Waals surface area contributed by atoms with E-state index in [1.54, 1.807) is 26.0 Å². The zero-order valence-electron chi connectivity index (χ0n) is 24.3. The van der Waals surface area contributed by atoms with Crippen molar-refractivity contribution in [3.05, 3.63) is 41.5 Å². The molecule has 1 aromatic rings. The van der Waals surface area contributed by atoms with Crippen LogP contribution in [0.5, 0.6) is 5.75 Å². The van der Waals surface area contributed by atoms with Gasteiger partial charge in [0.05, 0.1) is 6.61 Å². The van der Waals surface area contributed by atoms with Crippen LogP contribution in [0.4, 0.5) is 0 Å². The molecule has 0 unspecified atom stereocenters. The molecule has 0 aliphatic heterocycles. The normalized spacial score (nSPS) is 13.5. The second-order valence-electron chi connectivity index (χ2n) is 10.5. The predicted octanol–water partition coefficient (Wildman–Crippen LogP) is 2.25. The molecule has 0 saturated heterocycles. The molecule has 1 rings (SSSR count). The molecule has 40 heavy (non-hydrogen) atoms. The van der Waals surface area contributed by atoms with Gasteiger partial charge in [-0.05, 0) is 57.1 Å². The Labute approximate surface area is 236 Å². The smallest absolute Gasteiger partial charge is 0.330 e. The summed E-state index contributed by atoms with van der Waals surface area (Å²) in [6, 6.07) is 1.97. The minimum Gasteiger partial charge on any atom is -0.508 e. The SMILES string of the molecule is CCOC(=O)/C=C/[C@H](CCC(N)=O)NC(=O)[C@H](CC(C)C)NC(=O)[C@H](CC(C)C)NC(=O)c1cccc(O)c1C. The monoisotopic (exact) mass is 560 g/mol. The van der Waals surface area contributed by atoms with Crippen LogP contribution in [0.15, 0.2) is 30.4 Å². The van der Waals surface area contributed by atoms with Gasteiger partial charge >= 0.3 is 5.97 Å². The first-order valence-corrected chi connectivity index (χ1v) is 13.6. The van der Waals surface area contributed by atoms with Crippen molar-refractivity contribution in [2.24, 2.45) is 17.6 Å². The lowest BCUT2D eigenvalue weighted by Crippen LogP contribution is -2.55. The van der Waals surface area contributed by atoms with E-state index in [1.807, 2.05) is 27.7 Å². The molecular weight excluding hydrogens is 516 g/mol. The Morgan fingerprint density at radius 2 is 1.52 bits per heavy atom. The molecular formula is C29H44N4O7. The number of hydrogen-bond acceptors (Lipinski definition) is 7. The summed E-state index contributed by atoms with van der Waals surface area (Å²) in [5, 5.41) is 18.3. The Morgan fingerprint density at radius 1 is 0.950 bits per heavy atom. The van der Waals surface area contributed by atoms with Crippen LogP contribution in [0.3, 0.4) is 0 Å². The van der Waals surface area contributed by atoms with Crippen molar-refractivity contribution in [3.8, 4) is 5.75 Å². The van der Waals surface area contributed by atoms with Gasteiger partial charge in [0.25, 0.3) is 5.91 Å². The molecule has 0 aliphatic rings. The van der Waals surface area contributed by atoms with E-state index in [0.29, 0.717) is 18.4 Å². The average Bonchev–Trinajstić information content (AvgIpc) is 2.85. The van der Waals surface area contributed by atoms with Crippen molar-refractivity contribution in [1.29, 1.82) is 0 Å². The van der Waals surface area contributed by atoms with Crippen LogP contribution in [-0.2, 0) is 23.9 Å². The number of benzene rings is 1. The molecule has 0 fully saturated rings. The van der Waals surface area contributed by atoms with Crippen LogP contribution in [0, 0.1) is 18.8 Å². The molecule has 0 aliphatic carbocycles. The molecule has 11 nitrogen and oxygen atoms in total. The number of carbonyl (C=O) groups excluding carboxylic acids is 5. The summed E-state index contributed by atoms with van der Waals surface area (Å²) in [4.78, 5) is 62.8. The van der Waals surface area contributed by atoms with E-state index in [4.69, 9.17) is 10.5 Å². The summed E-state index contributed by atoms with van der Waals surface area (Å²) >= 11 is 0. The van der Waals surface area contributed by atoms with Crippen LogP contribution in [0.1, 0.15) is 76.2 Å².